The van der Waals surface area contributed by atoms with Crippen molar-refractivity contribution < 1.29 is 0 Å². The Hall–Kier alpha value is -0.400. The van der Waals surface area contributed by atoms with E-state index in [-0.39, 0.29) is 0 Å². The zero-order valence-electron chi connectivity index (χ0n) is 8.26. The Bertz CT molecular complexity index is 88.0. The summed E-state index contributed by atoms with van der Waals surface area (Å²) in [6.45, 7) is 7.78. The summed E-state index contributed by atoms with van der Waals surface area (Å²) in [7, 11) is 0. The normalized spacial score (nSPS) is 11.2. The average Bonchev–Trinajstić information content (AvgIpc) is 2.10. The maximum absolute atomic E-state index is 4.09. The van der Waals surface area contributed by atoms with Gasteiger partial charge in [0.25, 0.3) is 0 Å². The van der Waals surface area contributed by atoms with Crippen LogP contribution in [0.15, 0.2) is 10.2 Å². The van der Waals surface area contributed by atoms with Gasteiger partial charge in [0.1, 0.15) is 0 Å². The van der Waals surface area contributed by atoms with Crippen LogP contribution in [0, 0.1) is 6.92 Å². The van der Waals surface area contributed by atoms with Crippen molar-refractivity contribution in [2.75, 3.05) is 13.1 Å². The van der Waals surface area contributed by atoms with Crippen molar-refractivity contribution in [3.8, 4) is 0 Å². The van der Waals surface area contributed by atoms with Crippen LogP contribution in [0.4, 0.5) is 0 Å². The van der Waals surface area contributed by atoms with E-state index in [1.165, 1.54) is 25.7 Å². The Morgan fingerprint density at radius 3 is 2.00 bits per heavy atom. The topological polar surface area (TPSA) is 24.7 Å². The molecule has 2 nitrogen and oxygen atoms in total. The van der Waals surface area contributed by atoms with Crippen molar-refractivity contribution in [1.82, 2.24) is 0 Å². The quantitative estimate of drug-likeness (QED) is 0.391. The second-order valence-electron chi connectivity index (χ2n) is 3.00. The number of rotatable bonds is 8. The molecule has 0 aliphatic heterocycles. The van der Waals surface area contributed by atoms with E-state index in [2.05, 4.69) is 24.1 Å². The van der Waals surface area contributed by atoms with Gasteiger partial charge in [0.15, 0.2) is 0 Å². The molecule has 0 aromatic rings. The maximum atomic E-state index is 4.09. The minimum atomic E-state index is 0.891. The summed E-state index contributed by atoms with van der Waals surface area (Å²) >= 11 is 0. The van der Waals surface area contributed by atoms with Crippen molar-refractivity contribution in [2.24, 2.45) is 10.2 Å². The van der Waals surface area contributed by atoms with Gasteiger partial charge in [0.05, 0.1) is 13.1 Å². The largest absolute Gasteiger partial charge is 0.194 e. The number of azo groups is 1. The highest BCUT2D eigenvalue weighted by Gasteiger charge is 1.84. The molecule has 0 aromatic heterocycles. The van der Waals surface area contributed by atoms with Crippen LogP contribution in [0.2, 0.25) is 0 Å². The van der Waals surface area contributed by atoms with Gasteiger partial charge < -0.3 is 0 Å². The lowest BCUT2D eigenvalue weighted by atomic mass is 10.2. The SMILES string of the molecule is [CH2]CCCCN=NCCCCC. The monoisotopic (exact) mass is 169 g/mol. The summed E-state index contributed by atoms with van der Waals surface area (Å²) in [6, 6.07) is 0. The van der Waals surface area contributed by atoms with Gasteiger partial charge in [-0.1, -0.05) is 39.5 Å². The van der Waals surface area contributed by atoms with Gasteiger partial charge >= 0.3 is 0 Å². The van der Waals surface area contributed by atoms with E-state index in [9.17, 15) is 0 Å². The Labute approximate surface area is 76.5 Å². The number of unbranched alkanes of at least 4 members (excludes halogenated alkanes) is 4. The summed E-state index contributed by atoms with van der Waals surface area (Å²) in [4.78, 5) is 0. The van der Waals surface area contributed by atoms with Gasteiger partial charge in [0, 0.05) is 0 Å². The molecule has 0 spiro atoms. The Kier molecular flexibility index (Phi) is 10.2. The zero-order valence-corrected chi connectivity index (χ0v) is 8.26. The molecule has 0 rings (SSSR count). The first kappa shape index (κ1) is 11.6. The molecule has 0 unspecified atom stereocenters. The van der Waals surface area contributed by atoms with Crippen LogP contribution in [0.1, 0.15) is 45.4 Å². The third-order valence-corrected chi connectivity index (χ3v) is 1.72. The Balaban J connectivity index is 2.93. The predicted molar refractivity (Wildman–Crippen MR) is 53.3 cm³/mol. The van der Waals surface area contributed by atoms with Crippen LogP contribution in [0.3, 0.4) is 0 Å². The standard InChI is InChI=1S/C10H21N2/c1-3-5-7-9-11-12-10-8-6-4-2/h1,3-10H2,2H3. The number of nitrogens with zero attached hydrogens (tertiary/aromatic N) is 2. The van der Waals surface area contributed by atoms with Gasteiger partial charge in [-0.3, -0.25) is 0 Å². The first-order chi connectivity index (χ1) is 5.91. The van der Waals surface area contributed by atoms with E-state index in [0.717, 1.165) is 25.9 Å². The average molecular weight is 169 g/mol. The fourth-order valence-electron chi connectivity index (χ4n) is 0.933. The molecule has 0 heterocycles. The molecular formula is C10H21N2. The van der Waals surface area contributed by atoms with E-state index < -0.39 is 0 Å². The molecule has 2 heteroatoms. The summed E-state index contributed by atoms with van der Waals surface area (Å²) in [5, 5.41) is 8.16. The molecule has 0 amide bonds. The third-order valence-electron chi connectivity index (χ3n) is 1.72. The second kappa shape index (κ2) is 10.6. The minimum Gasteiger partial charge on any atom is -0.194 e. The Morgan fingerprint density at radius 1 is 0.917 bits per heavy atom. The van der Waals surface area contributed by atoms with Crippen molar-refractivity contribution in [3.63, 3.8) is 0 Å². The molecule has 0 bridgehead atoms. The highest BCUT2D eigenvalue weighted by atomic mass is 15.1. The molecule has 0 fully saturated rings. The lowest BCUT2D eigenvalue weighted by Gasteiger charge is -1.92. The molecule has 0 atom stereocenters. The summed E-state index contributed by atoms with van der Waals surface area (Å²) < 4.78 is 0. The molecule has 12 heavy (non-hydrogen) atoms. The van der Waals surface area contributed by atoms with E-state index in [1.54, 1.807) is 0 Å². The van der Waals surface area contributed by atoms with E-state index in [1.807, 2.05) is 0 Å². The second-order valence-corrected chi connectivity index (χ2v) is 3.00. The third kappa shape index (κ3) is 9.60. The molecule has 0 aromatic carbocycles. The minimum absolute atomic E-state index is 0.891. The zero-order chi connectivity index (χ0) is 9.07. The van der Waals surface area contributed by atoms with E-state index >= 15 is 0 Å². The van der Waals surface area contributed by atoms with Gasteiger partial charge in [-0.25, -0.2) is 0 Å². The lowest BCUT2D eigenvalue weighted by molar-refractivity contribution is 0.679. The summed E-state index contributed by atoms with van der Waals surface area (Å²) in [6.07, 6.45) is 7.06. The Morgan fingerprint density at radius 2 is 1.50 bits per heavy atom. The van der Waals surface area contributed by atoms with Crippen LogP contribution >= 0.6 is 0 Å². The van der Waals surface area contributed by atoms with Crippen molar-refractivity contribution in [3.05, 3.63) is 6.92 Å². The van der Waals surface area contributed by atoms with Gasteiger partial charge in [-0.2, -0.15) is 10.2 Å². The lowest BCUT2D eigenvalue weighted by Crippen LogP contribution is -1.82. The number of hydrogen-bond donors (Lipinski definition) is 0. The van der Waals surface area contributed by atoms with Crippen molar-refractivity contribution in [2.45, 2.75) is 45.4 Å². The van der Waals surface area contributed by atoms with Crippen LogP contribution in [0.25, 0.3) is 0 Å². The first-order valence-corrected chi connectivity index (χ1v) is 5.04. The van der Waals surface area contributed by atoms with E-state index in [0.29, 0.717) is 0 Å². The molecule has 71 valence electrons. The summed E-state index contributed by atoms with van der Waals surface area (Å²) in [5.41, 5.74) is 0. The highest BCUT2D eigenvalue weighted by Crippen LogP contribution is 1.96. The van der Waals surface area contributed by atoms with Crippen LogP contribution in [0.5, 0.6) is 0 Å². The number of hydrogen-bond acceptors (Lipinski definition) is 2. The van der Waals surface area contributed by atoms with Gasteiger partial charge in [0.2, 0.25) is 0 Å². The van der Waals surface area contributed by atoms with E-state index in [4.69, 9.17) is 0 Å². The summed E-state index contributed by atoms with van der Waals surface area (Å²) in [5.74, 6) is 0. The molecule has 0 aliphatic carbocycles. The molecule has 0 aliphatic rings. The highest BCUT2D eigenvalue weighted by molar-refractivity contribution is 4.46. The molecular weight excluding hydrogens is 148 g/mol. The van der Waals surface area contributed by atoms with Crippen LogP contribution in [-0.4, -0.2) is 13.1 Å². The predicted octanol–water partition coefficient (Wildman–Crippen LogP) is 3.63. The molecule has 0 saturated carbocycles. The fourth-order valence-corrected chi connectivity index (χ4v) is 0.933. The maximum Gasteiger partial charge on any atom is 0.0598 e. The first-order valence-electron chi connectivity index (χ1n) is 5.04. The molecule has 0 saturated heterocycles. The van der Waals surface area contributed by atoms with Crippen molar-refractivity contribution >= 4 is 0 Å². The molecule has 1 radical (unpaired) electrons. The van der Waals surface area contributed by atoms with Crippen LogP contribution < -0.4 is 0 Å². The molecule has 0 N–H and O–H groups in total. The van der Waals surface area contributed by atoms with Crippen molar-refractivity contribution in [1.29, 1.82) is 0 Å². The smallest absolute Gasteiger partial charge is 0.0598 e. The van der Waals surface area contributed by atoms with Gasteiger partial charge in [-0.05, 0) is 12.8 Å². The van der Waals surface area contributed by atoms with Gasteiger partial charge in [-0.15, -0.1) is 0 Å². The fraction of sp³-hybridized carbons (Fsp3) is 0.900. The van der Waals surface area contributed by atoms with Crippen LogP contribution in [-0.2, 0) is 0 Å².